The van der Waals surface area contributed by atoms with Crippen molar-refractivity contribution in [2.24, 2.45) is 0 Å². The molecule has 1 heterocycles. The predicted octanol–water partition coefficient (Wildman–Crippen LogP) is 5.90. The zero-order valence-corrected chi connectivity index (χ0v) is 19.8. The normalized spacial score (nSPS) is 15.4. The quantitative estimate of drug-likeness (QED) is 0.399. The molecule has 2 N–H and O–H groups in total. The molecule has 174 valence electrons. The van der Waals surface area contributed by atoms with Crippen LogP contribution in [0.4, 0.5) is 4.79 Å². The van der Waals surface area contributed by atoms with Gasteiger partial charge in [0, 0.05) is 21.2 Å². The second kappa shape index (κ2) is 10.6. The van der Waals surface area contributed by atoms with Crippen LogP contribution in [0.5, 0.6) is 5.75 Å². The number of ether oxygens (including phenoxy) is 2. The van der Waals surface area contributed by atoms with Crippen molar-refractivity contribution in [1.82, 2.24) is 10.6 Å². The minimum absolute atomic E-state index is 0.177. The molecule has 4 rings (SSSR count). The van der Waals surface area contributed by atoms with Crippen LogP contribution in [0.1, 0.15) is 29.7 Å². The van der Waals surface area contributed by atoms with Crippen molar-refractivity contribution >= 4 is 40.9 Å². The number of esters is 1. The second-order valence-corrected chi connectivity index (χ2v) is 8.31. The van der Waals surface area contributed by atoms with E-state index < -0.39 is 18.0 Å². The Morgan fingerprint density at radius 1 is 1.00 bits per heavy atom. The van der Waals surface area contributed by atoms with Crippen LogP contribution in [0, 0.1) is 0 Å². The molecule has 0 saturated heterocycles. The Balaban J connectivity index is 1.76. The van der Waals surface area contributed by atoms with Gasteiger partial charge in [-0.1, -0.05) is 77.8 Å². The zero-order chi connectivity index (χ0) is 24.1. The molecule has 0 radical (unpaired) electrons. The summed E-state index contributed by atoms with van der Waals surface area (Å²) in [5.74, 6) is -0.0377. The summed E-state index contributed by atoms with van der Waals surface area (Å²) >= 11 is 12.3. The molecule has 2 amide bonds. The number of nitrogens with one attached hydrogen (secondary N) is 2. The lowest BCUT2D eigenvalue weighted by Crippen LogP contribution is -2.45. The second-order valence-electron chi connectivity index (χ2n) is 7.47. The first kappa shape index (κ1) is 23.7. The van der Waals surface area contributed by atoms with Crippen molar-refractivity contribution in [3.8, 4) is 5.75 Å². The lowest BCUT2D eigenvalue weighted by Gasteiger charge is -2.30. The molecule has 0 spiro atoms. The highest BCUT2D eigenvalue weighted by atomic mass is 35.5. The Bertz CT molecular complexity index is 1240. The van der Waals surface area contributed by atoms with E-state index in [1.165, 1.54) is 0 Å². The minimum Gasteiger partial charge on any atom is -0.488 e. The van der Waals surface area contributed by atoms with Gasteiger partial charge in [-0.3, -0.25) is 0 Å². The lowest BCUT2D eigenvalue weighted by molar-refractivity contribution is -0.138. The number of rotatable bonds is 7. The topological polar surface area (TPSA) is 76.7 Å². The van der Waals surface area contributed by atoms with Gasteiger partial charge in [0.15, 0.2) is 0 Å². The van der Waals surface area contributed by atoms with E-state index in [1.54, 1.807) is 37.3 Å². The Morgan fingerprint density at radius 2 is 1.74 bits per heavy atom. The maximum absolute atomic E-state index is 13.1. The Morgan fingerprint density at radius 3 is 2.47 bits per heavy atom. The van der Waals surface area contributed by atoms with Gasteiger partial charge in [0.05, 0.1) is 23.9 Å². The number of hydrogen-bond acceptors (Lipinski definition) is 4. The molecule has 1 aliphatic rings. The third kappa shape index (κ3) is 5.19. The highest BCUT2D eigenvalue weighted by Gasteiger charge is 2.35. The van der Waals surface area contributed by atoms with E-state index in [9.17, 15) is 9.59 Å². The highest BCUT2D eigenvalue weighted by molar-refractivity contribution is 6.35. The van der Waals surface area contributed by atoms with Crippen molar-refractivity contribution in [3.63, 3.8) is 0 Å². The number of para-hydroxylation sites is 1. The van der Waals surface area contributed by atoms with E-state index >= 15 is 0 Å². The van der Waals surface area contributed by atoms with E-state index in [0.717, 1.165) is 5.56 Å². The maximum atomic E-state index is 13.1. The fourth-order valence-electron chi connectivity index (χ4n) is 3.70. The molecule has 1 atom stereocenters. The summed E-state index contributed by atoms with van der Waals surface area (Å²) in [4.78, 5) is 25.7. The largest absolute Gasteiger partial charge is 0.488 e. The van der Waals surface area contributed by atoms with Gasteiger partial charge < -0.3 is 20.1 Å². The SMILES string of the molecule is CCOC(=O)C1=C(c2ccccc2)NC(=O)NC1c1ccccc1OCc1ccc(Cl)cc1Cl. The van der Waals surface area contributed by atoms with Crippen molar-refractivity contribution in [1.29, 1.82) is 0 Å². The molecule has 1 unspecified atom stereocenters. The molecule has 0 saturated carbocycles. The van der Waals surface area contributed by atoms with Crippen molar-refractivity contribution in [3.05, 3.63) is 105 Å². The first-order chi connectivity index (χ1) is 16.5. The predicted molar refractivity (Wildman–Crippen MR) is 132 cm³/mol. The van der Waals surface area contributed by atoms with Crippen LogP contribution in [0.3, 0.4) is 0 Å². The molecule has 0 bridgehead atoms. The standard InChI is InChI=1S/C26H22Cl2N2O4/c1-2-33-25(31)22-23(16-8-4-3-5-9-16)29-26(32)30-24(22)19-10-6-7-11-21(19)34-15-17-12-13-18(27)14-20(17)28/h3-14,24H,2,15H2,1H3,(H2,29,30,32). The number of carbonyl (C=O) groups excluding carboxylic acids is 2. The first-order valence-corrected chi connectivity index (χ1v) is 11.4. The van der Waals surface area contributed by atoms with Crippen LogP contribution >= 0.6 is 23.2 Å². The number of carbonyl (C=O) groups is 2. The Kier molecular flexibility index (Phi) is 7.40. The molecule has 3 aromatic rings. The average molecular weight is 497 g/mol. The molecule has 8 heteroatoms. The van der Waals surface area contributed by atoms with Gasteiger partial charge in [0.1, 0.15) is 12.4 Å². The zero-order valence-electron chi connectivity index (χ0n) is 18.3. The Labute approximate surface area is 207 Å². The summed E-state index contributed by atoms with van der Waals surface area (Å²) in [6, 6.07) is 20.3. The van der Waals surface area contributed by atoms with Crippen molar-refractivity contribution < 1.29 is 19.1 Å². The molecule has 1 aliphatic heterocycles. The van der Waals surface area contributed by atoms with Crippen molar-refractivity contribution in [2.45, 2.75) is 19.6 Å². The number of hydrogen-bond donors (Lipinski definition) is 2. The molecule has 3 aromatic carbocycles. The summed E-state index contributed by atoms with van der Waals surface area (Å²) in [7, 11) is 0. The summed E-state index contributed by atoms with van der Waals surface area (Å²) < 4.78 is 11.4. The summed E-state index contributed by atoms with van der Waals surface area (Å²) in [6.45, 7) is 2.10. The van der Waals surface area contributed by atoms with Gasteiger partial charge in [-0.2, -0.15) is 0 Å². The molecule has 34 heavy (non-hydrogen) atoms. The van der Waals surface area contributed by atoms with Gasteiger partial charge in [0.2, 0.25) is 0 Å². The number of halogens is 2. The number of amides is 2. The number of benzene rings is 3. The number of urea groups is 1. The fourth-order valence-corrected chi connectivity index (χ4v) is 4.17. The van der Waals surface area contributed by atoms with Crippen LogP contribution in [0.15, 0.2) is 78.4 Å². The van der Waals surface area contributed by atoms with E-state index in [-0.39, 0.29) is 18.8 Å². The molecular formula is C26H22Cl2N2O4. The van der Waals surface area contributed by atoms with Crippen LogP contribution < -0.4 is 15.4 Å². The van der Waals surface area contributed by atoms with Gasteiger partial charge >= 0.3 is 12.0 Å². The van der Waals surface area contributed by atoms with Crippen LogP contribution in [0.2, 0.25) is 10.0 Å². The maximum Gasteiger partial charge on any atom is 0.338 e. The Hall–Kier alpha value is -3.48. The van der Waals surface area contributed by atoms with Crippen LogP contribution in [-0.4, -0.2) is 18.6 Å². The lowest BCUT2D eigenvalue weighted by atomic mass is 9.92. The smallest absolute Gasteiger partial charge is 0.338 e. The van der Waals surface area contributed by atoms with Gasteiger partial charge in [-0.05, 0) is 30.7 Å². The van der Waals surface area contributed by atoms with Crippen LogP contribution in [-0.2, 0) is 16.1 Å². The highest BCUT2D eigenvalue weighted by Crippen LogP contribution is 2.36. The summed E-state index contributed by atoms with van der Waals surface area (Å²) in [6.07, 6.45) is 0. The van der Waals surface area contributed by atoms with Gasteiger partial charge in [0.25, 0.3) is 0 Å². The molecular weight excluding hydrogens is 475 g/mol. The van der Waals surface area contributed by atoms with E-state index in [2.05, 4.69) is 10.6 Å². The van der Waals surface area contributed by atoms with Crippen LogP contribution in [0.25, 0.3) is 5.70 Å². The van der Waals surface area contributed by atoms with Gasteiger partial charge in [-0.15, -0.1) is 0 Å². The van der Waals surface area contributed by atoms with Gasteiger partial charge in [-0.25, -0.2) is 9.59 Å². The molecule has 6 nitrogen and oxygen atoms in total. The van der Waals surface area contributed by atoms with Crippen molar-refractivity contribution in [2.75, 3.05) is 6.61 Å². The third-order valence-corrected chi connectivity index (χ3v) is 5.85. The third-order valence-electron chi connectivity index (χ3n) is 5.26. The fraction of sp³-hybridized carbons (Fsp3) is 0.154. The van der Waals surface area contributed by atoms with E-state index in [1.807, 2.05) is 42.5 Å². The molecule has 0 fully saturated rings. The van der Waals surface area contributed by atoms with E-state index in [0.29, 0.717) is 32.6 Å². The first-order valence-electron chi connectivity index (χ1n) is 10.7. The summed E-state index contributed by atoms with van der Waals surface area (Å²) in [5.41, 5.74) is 2.73. The van der Waals surface area contributed by atoms with E-state index in [4.69, 9.17) is 32.7 Å². The molecule has 0 aliphatic carbocycles. The average Bonchev–Trinajstić information content (AvgIpc) is 2.84. The molecule has 0 aromatic heterocycles. The minimum atomic E-state index is -0.792. The monoisotopic (exact) mass is 496 g/mol. The summed E-state index contributed by atoms with van der Waals surface area (Å²) in [5, 5.41) is 6.63.